The molecule has 9 nitrogen and oxygen atoms in total. The van der Waals surface area contributed by atoms with E-state index < -0.39 is 19.8 Å². The Morgan fingerprint density at radius 2 is 1.83 bits per heavy atom. The van der Waals surface area contributed by atoms with E-state index in [9.17, 15) is 19.5 Å². The SMILES string of the molecule is C=CCN1C(=O)[C@@]2(O[C@@H](CC(=O)N3CCC[C@H]3CO)[C@H]([Si](C)(C)c3ccc(OC)cc3)[C@H]2C)c2cc(N3CCCCCCC3=O)ccc21. The number of carbonyl (C=O) groups excluding carboxylic acids is 3. The van der Waals surface area contributed by atoms with Crippen LogP contribution in [0.25, 0.3) is 0 Å². The van der Waals surface area contributed by atoms with Gasteiger partial charge in [-0.15, -0.1) is 6.58 Å². The highest BCUT2D eigenvalue weighted by molar-refractivity contribution is 6.91. The molecule has 0 aromatic heterocycles. The Morgan fingerprint density at radius 1 is 1.08 bits per heavy atom. The van der Waals surface area contributed by atoms with Gasteiger partial charge in [-0.25, -0.2) is 0 Å². The van der Waals surface area contributed by atoms with Crippen molar-refractivity contribution in [3.63, 3.8) is 0 Å². The van der Waals surface area contributed by atoms with Crippen LogP contribution in [0.1, 0.15) is 63.9 Å². The summed E-state index contributed by atoms with van der Waals surface area (Å²) in [4.78, 5) is 47.7. The zero-order valence-corrected chi connectivity index (χ0v) is 30.0. The Morgan fingerprint density at radius 3 is 2.54 bits per heavy atom. The maximum absolute atomic E-state index is 14.9. The lowest BCUT2D eigenvalue weighted by atomic mass is 9.82. The lowest BCUT2D eigenvalue weighted by Gasteiger charge is -2.37. The second-order valence-corrected chi connectivity index (χ2v) is 19.2. The lowest BCUT2D eigenvalue weighted by Crippen LogP contribution is -2.52. The number of aliphatic hydroxyl groups excluding tert-OH is 1. The predicted molar refractivity (Wildman–Crippen MR) is 190 cm³/mol. The minimum atomic E-state index is -2.45. The molecule has 0 radical (unpaired) electrons. The molecule has 2 aromatic carbocycles. The lowest BCUT2D eigenvalue weighted by molar-refractivity contribution is -0.149. The normalized spacial score (nSPS) is 27.7. The molecule has 0 bridgehead atoms. The predicted octanol–water partition coefficient (Wildman–Crippen LogP) is 5.11. The van der Waals surface area contributed by atoms with Crippen molar-refractivity contribution in [1.29, 1.82) is 0 Å². The number of hydrogen-bond acceptors (Lipinski definition) is 6. The van der Waals surface area contributed by atoms with E-state index in [1.165, 1.54) is 5.19 Å². The van der Waals surface area contributed by atoms with Gasteiger partial charge in [0.05, 0.1) is 46.0 Å². The first-order valence-electron chi connectivity index (χ1n) is 17.7. The van der Waals surface area contributed by atoms with E-state index in [1.54, 1.807) is 23.0 Å². The molecular formula is C38H51N3O6Si. The van der Waals surface area contributed by atoms with Gasteiger partial charge in [0.2, 0.25) is 11.8 Å². The van der Waals surface area contributed by atoms with E-state index in [0.717, 1.165) is 61.2 Å². The van der Waals surface area contributed by atoms with Crippen LogP contribution >= 0.6 is 0 Å². The second kappa shape index (κ2) is 13.8. The van der Waals surface area contributed by atoms with Crippen molar-refractivity contribution in [3.05, 3.63) is 60.7 Å². The number of amides is 3. The molecule has 0 unspecified atom stereocenters. The second-order valence-electron chi connectivity index (χ2n) is 14.5. The largest absolute Gasteiger partial charge is 0.497 e. The topological polar surface area (TPSA) is 99.6 Å². The van der Waals surface area contributed by atoms with Crippen molar-refractivity contribution in [2.24, 2.45) is 5.92 Å². The maximum atomic E-state index is 14.9. The molecule has 48 heavy (non-hydrogen) atoms. The van der Waals surface area contributed by atoms with Crippen LogP contribution in [-0.2, 0) is 24.7 Å². The zero-order valence-electron chi connectivity index (χ0n) is 29.0. The van der Waals surface area contributed by atoms with Crippen LogP contribution in [0.15, 0.2) is 55.1 Å². The monoisotopic (exact) mass is 673 g/mol. The number of carbonyl (C=O) groups is 3. The number of hydrogen-bond donors (Lipinski definition) is 1. The van der Waals surface area contributed by atoms with E-state index in [0.29, 0.717) is 26.1 Å². The van der Waals surface area contributed by atoms with Gasteiger partial charge in [-0.05, 0) is 61.6 Å². The van der Waals surface area contributed by atoms with Crippen LogP contribution in [-0.4, -0.2) is 81.3 Å². The van der Waals surface area contributed by atoms with Crippen molar-refractivity contribution >= 4 is 42.4 Å². The van der Waals surface area contributed by atoms with Gasteiger partial charge in [0.1, 0.15) is 5.75 Å². The molecule has 4 heterocycles. The van der Waals surface area contributed by atoms with E-state index in [-0.39, 0.29) is 48.3 Å². The van der Waals surface area contributed by atoms with Crippen molar-refractivity contribution in [2.45, 2.75) is 94.7 Å². The summed E-state index contributed by atoms with van der Waals surface area (Å²) in [6.07, 6.45) is 7.45. The maximum Gasteiger partial charge on any atom is 0.264 e. The molecule has 0 aliphatic carbocycles. The summed E-state index contributed by atoms with van der Waals surface area (Å²) in [5.74, 6) is 0.423. The minimum Gasteiger partial charge on any atom is -0.497 e. The highest BCUT2D eigenvalue weighted by Gasteiger charge is 2.66. The summed E-state index contributed by atoms with van der Waals surface area (Å²) in [5.41, 5.74) is 0.897. The van der Waals surface area contributed by atoms with Crippen molar-refractivity contribution < 1.29 is 29.0 Å². The average molecular weight is 674 g/mol. The van der Waals surface area contributed by atoms with Crippen LogP contribution in [0, 0.1) is 5.92 Å². The molecule has 258 valence electrons. The summed E-state index contributed by atoms with van der Waals surface area (Å²) in [7, 11) is -0.796. The number of methoxy groups -OCH3 is 1. The molecule has 10 heteroatoms. The molecule has 6 rings (SSSR count). The summed E-state index contributed by atoms with van der Waals surface area (Å²) in [6, 6.07) is 13.9. The van der Waals surface area contributed by atoms with Crippen LogP contribution in [0.3, 0.4) is 0 Å². The van der Waals surface area contributed by atoms with Gasteiger partial charge in [0.15, 0.2) is 5.60 Å². The number of fused-ring (bicyclic) bond motifs is 2. The van der Waals surface area contributed by atoms with Crippen LogP contribution in [0.4, 0.5) is 11.4 Å². The van der Waals surface area contributed by atoms with Crippen molar-refractivity contribution in [1.82, 2.24) is 4.90 Å². The van der Waals surface area contributed by atoms with Crippen LogP contribution < -0.4 is 19.7 Å². The number of aliphatic hydroxyl groups is 1. The van der Waals surface area contributed by atoms with Gasteiger partial charge in [0.25, 0.3) is 5.91 Å². The van der Waals surface area contributed by atoms with Crippen LogP contribution in [0.5, 0.6) is 5.75 Å². The molecule has 1 N–H and O–H groups in total. The number of benzene rings is 2. The molecule has 0 saturated carbocycles. The molecule has 2 aromatic rings. The molecule has 3 amide bonds. The van der Waals surface area contributed by atoms with Gasteiger partial charge in [0, 0.05) is 43.2 Å². The molecule has 4 aliphatic heterocycles. The van der Waals surface area contributed by atoms with Gasteiger partial charge in [-0.3, -0.25) is 14.4 Å². The van der Waals surface area contributed by atoms with E-state index in [1.807, 2.05) is 35.2 Å². The van der Waals surface area contributed by atoms with E-state index in [2.05, 4.69) is 38.7 Å². The first kappa shape index (κ1) is 34.4. The number of likely N-dealkylation sites (tertiary alicyclic amines) is 1. The third kappa shape index (κ3) is 5.79. The third-order valence-electron chi connectivity index (χ3n) is 11.5. The molecule has 1 spiro atoms. The fourth-order valence-corrected chi connectivity index (χ4v) is 13.1. The van der Waals surface area contributed by atoms with Crippen LogP contribution in [0.2, 0.25) is 18.6 Å². The van der Waals surface area contributed by atoms with Gasteiger partial charge in [-0.2, -0.15) is 0 Å². The summed E-state index contributed by atoms with van der Waals surface area (Å²) >= 11 is 0. The number of rotatable bonds is 9. The van der Waals surface area contributed by atoms with Crippen molar-refractivity contribution in [2.75, 3.05) is 43.2 Å². The Kier molecular flexibility index (Phi) is 9.89. The Balaban J connectivity index is 1.46. The quantitative estimate of drug-likeness (QED) is 0.293. The van der Waals surface area contributed by atoms with Gasteiger partial charge in [-0.1, -0.05) is 56.3 Å². The number of nitrogens with zero attached hydrogens (tertiary/aromatic N) is 3. The number of ether oxygens (including phenoxy) is 2. The fraction of sp³-hybridized carbons (Fsp3) is 0.553. The van der Waals surface area contributed by atoms with Crippen molar-refractivity contribution in [3.8, 4) is 5.75 Å². The molecular weight excluding hydrogens is 623 g/mol. The number of anilines is 2. The Hall–Kier alpha value is -3.47. The fourth-order valence-electron chi connectivity index (χ4n) is 9.06. The minimum absolute atomic E-state index is 0.0427. The standard InChI is InChI=1S/C38H51N3O6Si/c1-6-20-41-32-19-14-27(39-21-10-8-7-9-13-34(39)43)23-31(32)38(37(41)45)26(2)36(48(4,5)30-17-15-29(46-3)16-18-30)33(47-38)24-35(44)40-22-11-12-28(40)25-42/h6,14-19,23,26,28,33,36,42H,1,7-13,20-22,24-25H2,2-5H3/t26-,28+,33+,36-,38+/m1/s1. The average Bonchev–Trinajstić information content (AvgIpc) is 3.73. The van der Waals surface area contributed by atoms with E-state index in [4.69, 9.17) is 9.47 Å². The Bertz CT molecular complexity index is 1550. The molecule has 4 aliphatic rings. The molecule has 3 fully saturated rings. The van der Waals surface area contributed by atoms with Gasteiger partial charge >= 0.3 is 0 Å². The smallest absolute Gasteiger partial charge is 0.264 e. The zero-order chi connectivity index (χ0) is 34.2. The van der Waals surface area contributed by atoms with E-state index >= 15 is 0 Å². The summed E-state index contributed by atoms with van der Waals surface area (Å²) in [5, 5.41) is 11.2. The first-order valence-corrected chi connectivity index (χ1v) is 20.8. The van der Waals surface area contributed by atoms with Gasteiger partial charge < -0.3 is 29.3 Å². The molecule has 5 atom stereocenters. The highest BCUT2D eigenvalue weighted by atomic mass is 28.3. The molecule has 3 saturated heterocycles. The Labute approximate surface area is 285 Å². The first-order chi connectivity index (χ1) is 23.1. The summed E-state index contributed by atoms with van der Waals surface area (Å²) in [6.45, 7) is 12.2. The third-order valence-corrected chi connectivity index (χ3v) is 15.9. The highest BCUT2D eigenvalue weighted by Crippen LogP contribution is 2.60. The summed E-state index contributed by atoms with van der Waals surface area (Å²) < 4.78 is 12.6.